The van der Waals surface area contributed by atoms with Crippen molar-refractivity contribution in [2.75, 3.05) is 31.1 Å². The van der Waals surface area contributed by atoms with E-state index in [1.807, 2.05) is 6.07 Å². The fraction of sp³-hybridized carbons (Fsp3) is 0.611. The molecule has 0 bridgehead atoms. The van der Waals surface area contributed by atoms with Crippen molar-refractivity contribution in [3.8, 4) is 0 Å². The second-order valence-electron chi connectivity index (χ2n) is 6.81. The lowest BCUT2D eigenvalue weighted by molar-refractivity contribution is 0.146. The molecule has 2 amide bonds. The molecule has 3 N–H and O–H groups in total. The highest BCUT2D eigenvalue weighted by Gasteiger charge is 2.22. The number of nitrogens with zero attached hydrogens (tertiary/aromatic N) is 1. The van der Waals surface area contributed by atoms with Gasteiger partial charge in [0.1, 0.15) is 0 Å². The predicted molar refractivity (Wildman–Crippen MR) is 93.6 cm³/mol. The Morgan fingerprint density at radius 2 is 2.04 bits per heavy atom. The zero-order valence-corrected chi connectivity index (χ0v) is 14.2. The number of rotatable bonds is 7. The molecular weight excluding hydrogens is 290 g/mol. The van der Waals surface area contributed by atoms with E-state index in [4.69, 9.17) is 0 Å². The van der Waals surface area contributed by atoms with E-state index in [2.05, 4.69) is 53.6 Å². The third kappa shape index (κ3) is 6.10. The number of amides is 2. The van der Waals surface area contributed by atoms with E-state index in [1.165, 1.54) is 5.69 Å². The normalized spacial score (nSPS) is 19.0. The summed E-state index contributed by atoms with van der Waals surface area (Å²) in [5, 5.41) is 15.4. The second kappa shape index (κ2) is 8.77. The van der Waals surface area contributed by atoms with Gasteiger partial charge in [0.05, 0.1) is 6.10 Å². The summed E-state index contributed by atoms with van der Waals surface area (Å²) < 4.78 is 0. The van der Waals surface area contributed by atoms with E-state index < -0.39 is 6.10 Å². The molecule has 1 aliphatic rings. The summed E-state index contributed by atoms with van der Waals surface area (Å²) in [6, 6.07) is 10.2. The van der Waals surface area contributed by atoms with Gasteiger partial charge in [0.15, 0.2) is 0 Å². The van der Waals surface area contributed by atoms with Gasteiger partial charge in [-0.2, -0.15) is 0 Å². The summed E-state index contributed by atoms with van der Waals surface area (Å²) in [6.07, 6.45) is 1.32. The molecule has 128 valence electrons. The average molecular weight is 319 g/mol. The number of benzene rings is 1. The molecular formula is C18H29N3O2. The smallest absolute Gasteiger partial charge is 0.314 e. The third-order valence-corrected chi connectivity index (χ3v) is 4.20. The molecule has 1 aliphatic heterocycles. The number of para-hydroxylation sites is 1. The number of aliphatic hydroxyl groups is 1. The van der Waals surface area contributed by atoms with Crippen LogP contribution in [0.25, 0.3) is 0 Å². The summed E-state index contributed by atoms with van der Waals surface area (Å²) in [5.41, 5.74) is 1.25. The largest absolute Gasteiger partial charge is 0.391 e. The lowest BCUT2D eigenvalue weighted by Crippen LogP contribution is -2.42. The number of hydrogen-bond donors (Lipinski definition) is 3. The maximum absolute atomic E-state index is 11.8. The number of aliphatic hydroxyl groups excluding tert-OH is 1. The van der Waals surface area contributed by atoms with Crippen molar-refractivity contribution in [1.29, 1.82) is 0 Å². The average Bonchev–Trinajstić information content (AvgIpc) is 3.00. The Hall–Kier alpha value is -1.75. The molecule has 0 spiro atoms. The first-order chi connectivity index (χ1) is 11.0. The quantitative estimate of drug-likeness (QED) is 0.722. The highest BCUT2D eigenvalue weighted by molar-refractivity contribution is 5.73. The van der Waals surface area contributed by atoms with Gasteiger partial charge in [-0.05, 0) is 36.8 Å². The number of carbonyl (C=O) groups excluding carboxylic acids is 1. The van der Waals surface area contributed by atoms with Crippen molar-refractivity contribution >= 4 is 11.7 Å². The molecule has 1 fully saturated rings. The molecule has 1 heterocycles. The zero-order chi connectivity index (χ0) is 16.7. The van der Waals surface area contributed by atoms with Gasteiger partial charge in [-0.15, -0.1) is 0 Å². The second-order valence-corrected chi connectivity index (χ2v) is 6.81. The summed E-state index contributed by atoms with van der Waals surface area (Å²) in [4.78, 5) is 14.2. The molecule has 2 rings (SSSR count). The van der Waals surface area contributed by atoms with Gasteiger partial charge >= 0.3 is 6.03 Å². The molecule has 2 atom stereocenters. The van der Waals surface area contributed by atoms with E-state index in [9.17, 15) is 9.90 Å². The van der Waals surface area contributed by atoms with Gasteiger partial charge < -0.3 is 20.6 Å². The van der Waals surface area contributed by atoms with Crippen LogP contribution in [-0.2, 0) is 0 Å². The Bertz CT molecular complexity index is 478. The third-order valence-electron chi connectivity index (χ3n) is 4.20. The maximum atomic E-state index is 11.8. The standard InChI is InChI=1S/C18H29N3O2/c1-14(2)10-17(22)12-20-18(23)19-11-15-8-9-21(13-15)16-6-4-3-5-7-16/h3-7,14-15,17,22H,8-13H2,1-2H3,(H2,19,20,23). The van der Waals surface area contributed by atoms with Crippen molar-refractivity contribution in [1.82, 2.24) is 10.6 Å². The van der Waals surface area contributed by atoms with Crippen LogP contribution in [0.1, 0.15) is 26.7 Å². The van der Waals surface area contributed by atoms with E-state index in [1.54, 1.807) is 0 Å². The van der Waals surface area contributed by atoms with E-state index in [-0.39, 0.29) is 6.03 Å². The molecule has 0 aromatic heterocycles. The number of urea groups is 1. The highest BCUT2D eigenvalue weighted by Crippen LogP contribution is 2.22. The Morgan fingerprint density at radius 3 is 2.74 bits per heavy atom. The van der Waals surface area contributed by atoms with Crippen molar-refractivity contribution in [3.05, 3.63) is 30.3 Å². The Morgan fingerprint density at radius 1 is 1.30 bits per heavy atom. The van der Waals surface area contributed by atoms with Crippen LogP contribution in [-0.4, -0.2) is 43.4 Å². The minimum absolute atomic E-state index is 0.189. The van der Waals surface area contributed by atoms with Crippen LogP contribution in [0.5, 0.6) is 0 Å². The highest BCUT2D eigenvalue weighted by atomic mass is 16.3. The zero-order valence-electron chi connectivity index (χ0n) is 14.2. The molecule has 0 aliphatic carbocycles. The fourth-order valence-corrected chi connectivity index (χ4v) is 3.01. The number of carbonyl (C=O) groups is 1. The molecule has 2 unspecified atom stereocenters. The SMILES string of the molecule is CC(C)CC(O)CNC(=O)NCC1CCN(c2ccccc2)C1. The monoisotopic (exact) mass is 319 g/mol. The minimum Gasteiger partial charge on any atom is -0.391 e. The summed E-state index contributed by atoms with van der Waals surface area (Å²) >= 11 is 0. The fourth-order valence-electron chi connectivity index (χ4n) is 3.01. The maximum Gasteiger partial charge on any atom is 0.314 e. The van der Waals surface area contributed by atoms with Gasteiger partial charge in [-0.25, -0.2) is 4.79 Å². The van der Waals surface area contributed by atoms with E-state index in [0.717, 1.165) is 19.5 Å². The van der Waals surface area contributed by atoms with Crippen LogP contribution >= 0.6 is 0 Å². The van der Waals surface area contributed by atoms with Crippen molar-refractivity contribution in [2.24, 2.45) is 11.8 Å². The van der Waals surface area contributed by atoms with Crippen LogP contribution in [0.15, 0.2) is 30.3 Å². The molecule has 1 aromatic carbocycles. The molecule has 0 saturated carbocycles. The Balaban J connectivity index is 1.64. The van der Waals surface area contributed by atoms with Crippen molar-refractivity contribution in [3.63, 3.8) is 0 Å². The molecule has 1 aromatic rings. The van der Waals surface area contributed by atoms with Crippen LogP contribution < -0.4 is 15.5 Å². The van der Waals surface area contributed by atoms with Crippen molar-refractivity contribution in [2.45, 2.75) is 32.8 Å². The first-order valence-electron chi connectivity index (χ1n) is 8.54. The number of hydrogen-bond acceptors (Lipinski definition) is 3. The van der Waals surface area contributed by atoms with Gasteiger partial charge in [-0.3, -0.25) is 0 Å². The van der Waals surface area contributed by atoms with E-state index >= 15 is 0 Å². The Kier molecular flexibility index (Phi) is 6.71. The van der Waals surface area contributed by atoms with Gasteiger partial charge in [0, 0.05) is 31.9 Å². The predicted octanol–water partition coefficient (Wildman–Crippen LogP) is 2.22. The van der Waals surface area contributed by atoms with Crippen LogP contribution in [0.3, 0.4) is 0 Å². The Labute approximate surface area is 139 Å². The molecule has 5 nitrogen and oxygen atoms in total. The van der Waals surface area contributed by atoms with Gasteiger partial charge in [0.2, 0.25) is 0 Å². The molecule has 0 radical (unpaired) electrons. The van der Waals surface area contributed by atoms with Crippen molar-refractivity contribution < 1.29 is 9.90 Å². The molecule has 23 heavy (non-hydrogen) atoms. The van der Waals surface area contributed by atoms with Crippen LogP contribution in [0, 0.1) is 11.8 Å². The number of anilines is 1. The summed E-state index contributed by atoms with van der Waals surface area (Å²) in [7, 11) is 0. The first kappa shape index (κ1) is 17.6. The lowest BCUT2D eigenvalue weighted by Gasteiger charge is -2.19. The van der Waals surface area contributed by atoms with Crippen LogP contribution in [0.4, 0.5) is 10.5 Å². The van der Waals surface area contributed by atoms with Crippen LogP contribution in [0.2, 0.25) is 0 Å². The van der Waals surface area contributed by atoms with E-state index in [0.29, 0.717) is 31.3 Å². The van der Waals surface area contributed by atoms with Gasteiger partial charge in [-0.1, -0.05) is 32.0 Å². The molecule has 1 saturated heterocycles. The topological polar surface area (TPSA) is 64.6 Å². The summed E-state index contributed by atoms with van der Waals surface area (Å²) in [5.74, 6) is 0.902. The lowest BCUT2D eigenvalue weighted by atomic mass is 10.1. The number of nitrogens with one attached hydrogen (secondary N) is 2. The first-order valence-corrected chi connectivity index (χ1v) is 8.54. The van der Waals surface area contributed by atoms with Gasteiger partial charge in [0.25, 0.3) is 0 Å². The molecule has 5 heteroatoms. The summed E-state index contributed by atoms with van der Waals surface area (Å²) in [6.45, 7) is 7.11. The minimum atomic E-state index is -0.471.